The first-order valence-corrected chi connectivity index (χ1v) is 14.0. The molecule has 1 aromatic carbocycles. The Morgan fingerprint density at radius 2 is 2.00 bits per heavy atom. The molecular formula is C21H18Cl4FN3O4S2. The van der Waals surface area contributed by atoms with Crippen LogP contribution in [0.4, 0.5) is 4.39 Å². The molecule has 0 spiro atoms. The number of allylic oxidation sites excluding steroid dienone is 1. The highest BCUT2D eigenvalue weighted by molar-refractivity contribution is 7.91. The number of ether oxygens (including phenoxy) is 1. The zero-order chi connectivity index (χ0) is 25.3. The smallest absolute Gasteiger partial charge is 0.252 e. The van der Waals surface area contributed by atoms with Crippen molar-refractivity contribution in [3.63, 3.8) is 0 Å². The van der Waals surface area contributed by atoms with Gasteiger partial charge in [0.05, 0.1) is 36.7 Å². The Kier molecular flexibility index (Phi) is 8.47. The second-order valence-electron chi connectivity index (χ2n) is 7.65. The summed E-state index contributed by atoms with van der Waals surface area (Å²) in [6.45, 7) is 0.568. The molecule has 1 atom stereocenters. The van der Waals surface area contributed by atoms with Gasteiger partial charge in [-0.15, -0.1) is 11.3 Å². The predicted molar refractivity (Wildman–Crippen MR) is 135 cm³/mol. The standard InChI is InChI=1S/C21H18Cl4FN3O4S2/c22-13-2-1-11(15(23)5-13)8-29-20-12(7-27-29)9-33-10-14(20)17(26)3-4-18(30)28-35(31,32)19-6-16(24)21(25)34-19/h1-2,5-7,18,28,30H,3-4,8-10H2/b17-14-. The molecule has 2 aromatic heterocycles. The normalized spacial score (nSPS) is 16.3. The number of halogens is 5. The van der Waals surface area contributed by atoms with Crippen LogP contribution in [0.2, 0.25) is 19.4 Å². The van der Waals surface area contributed by atoms with Gasteiger partial charge < -0.3 is 9.84 Å². The number of aliphatic hydroxyl groups is 1. The van der Waals surface area contributed by atoms with E-state index < -0.39 is 22.1 Å². The average Bonchev–Trinajstić information content (AvgIpc) is 3.37. The topological polar surface area (TPSA) is 93.5 Å². The highest BCUT2D eigenvalue weighted by Gasteiger charge is 2.26. The monoisotopic (exact) mass is 599 g/mol. The molecule has 7 nitrogen and oxygen atoms in total. The Labute approximate surface area is 225 Å². The molecule has 188 valence electrons. The minimum Gasteiger partial charge on any atom is -0.378 e. The summed E-state index contributed by atoms with van der Waals surface area (Å²) in [7, 11) is -4.07. The highest BCUT2D eigenvalue weighted by atomic mass is 35.5. The highest BCUT2D eigenvalue weighted by Crippen LogP contribution is 2.35. The van der Waals surface area contributed by atoms with E-state index in [2.05, 4.69) is 9.82 Å². The second-order valence-corrected chi connectivity index (χ2v) is 12.5. The van der Waals surface area contributed by atoms with E-state index in [1.165, 1.54) is 6.07 Å². The summed E-state index contributed by atoms with van der Waals surface area (Å²) in [4.78, 5) is 0. The number of aliphatic hydroxyl groups excluding tert-OH is 1. The molecule has 0 bridgehead atoms. The summed E-state index contributed by atoms with van der Waals surface area (Å²) in [5.74, 6) is -0.546. The number of fused-ring (bicyclic) bond motifs is 1. The van der Waals surface area contributed by atoms with Crippen molar-refractivity contribution in [2.75, 3.05) is 6.61 Å². The van der Waals surface area contributed by atoms with Gasteiger partial charge in [-0.05, 0) is 30.2 Å². The largest absolute Gasteiger partial charge is 0.378 e. The first-order chi connectivity index (χ1) is 16.5. The number of aromatic nitrogens is 2. The maximum absolute atomic E-state index is 15.3. The second kappa shape index (κ2) is 11.0. The number of nitrogens with zero attached hydrogens (tertiary/aromatic N) is 2. The van der Waals surface area contributed by atoms with Gasteiger partial charge in [0.25, 0.3) is 10.0 Å². The SMILES string of the molecule is O=S(=O)(NC(O)CC/C(F)=C1\COCc2cnn(Cc3ccc(Cl)cc3Cl)c21)c1cc(Cl)c(Cl)s1. The summed E-state index contributed by atoms with van der Waals surface area (Å²) in [5, 5.41) is 15.6. The van der Waals surface area contributed by atoms with Gasteiger partial charge in [-0.1, -0.05) is 52.5 Å². The van der Waals surface area contributed by atoms with Gasteiger partial charge >= 0.3 is 0 Å². The third-order valence-electron chi connectivity index (χ3n) is 5.18. The molecule has 0 amide bonds. The van der Waals surface area contributed by atoms with Crippen LogP contribution < -0.4 is 4.72 Å². The van der Waals surface area contributed by atoms with Gasteiger partial charge in [0.15, 0.2) is 0 Å². The Bertz CT molecular complexity index is 1370. The van der Waals surface area contributed by atoms with E-state index in [1.54, 1.807) is 29.1 Å². The number of sulfonamides is 1. The van der Waals surface area contributed by atoms with E-state index in [1.807, 2.05) is 0 Å². The maximum Gasteiger partial charge on any atom is 0.252 e. The number of rotatable bonds is 8. The van der Waals surface area contributed by atoms with Crippen LogP contribution >= 0.6 is 57.7 Å². The van der Waals surface area contributed by atoms with E-state index in [-0.39, 0.29) is 51.7 Å². The van der Waals surface area contributed by atoms with Gasteiger partial charge in [-0.2, -0.15) is 9.82 Å². The van der Waals surface area contributed by atoms with E-state index >= 15 is 4.39 Å². The molecule has 0 fully saturated rings. The molecule has 14 heteroatoms. The molecule has 4 rings (SSSR count). The van der Waals surface area contributed by atoms with E-state index in [0.717, 1.165) is 16.9 Å². The quantitative estimate of drug-likeness (QED) is 0.314. The fourth-order valence-corrected chi connectivity index (χ4v) is 6.99. The lowest BCUT2D eigenvalue weighted by Gasteiger charge is -2.20. The van der Waals surface area contributed by atoms with Crippen molar-refractivity contribution in [3.05, 3.63) is 72.5 Å². The van der Waals surface area contributed by atoms with Crippen LogP contribution in [-0.2, 0) is 27.9 Å². The van der Waals surface area contributed by atoms with Crippen LogP contribution in [0.1, 0.15) is 29.7 Å². The first kappa shape index (κ1) is 26.8. The molecule has 0 radical (unpaired) electrons. The Morgan fingerprint density at radius 3 is 2.69 bits per heavy atom. The summed E-state index contributed by atoms with van der Waals surface area (Å²) >= 11 is 24.6. The Morgan fingerprint density at radius 1 is 1.23 bits per heavy atom. The van der Waals surface area contributed by atoms with Crippen molar-refractivity contribution in [3.8, 4) is 0 Å². The van der Waals surface area contributed by atoms with E-state index in [4.69, 9.17) is 51.1 Å². The summed E-state index contributed by atoms with van der Waals surface area (Å²) in [6, 6.07) is 6.28. The molecule has 1 aliphatic heterocycles. The van der Waals surface area contributed by atoms with Gasteiger partial charge in [0.2, 0.25) is 0 Å². The van der Waals surface area contributed by atoms with Crippen molar-refractivity contribution in [2.45, 2.75) is 36.4 Å². The third kappa shape index (κ3) is 6.20. The molecule has 2 N–H and O–H groups in total. The van der Waals surface area contributed by atoms with Crippen LogP contribution in [0, 0.1) is 0 Å². The molecule has 0 saturated carbocycles. The minimum absolute atomic E-state index is 0.00684. The molecule has 35 heavy (non-hydrogen) atoms. The van der Waals surface area contributed by atoms with E-state index in [9.17, 15) is 13.5 Å². The molecular weight excluding hydrogens is 583 g/mol. The summed E-state index contributed by atoms with van der Waals surface area (Å²) < 4.78 is 49.3. The van der Waals surface area contributed by atoms with Gasteiger partial charge in [0, 0.05) is 27.6 Å². The number of hydrogen-bond acceptors (Lipinski definition) is 6. The molecule has 0 saturated heterocycles. The zero-order valence-electron chi connectivity index (χ0n) is 17.8. The lowest BCUT2D eigenvalue weighted by Crippen LogP contribution is -2.34. The van der Waals surface area contributed by atoms with Crippen LogP contribution in [0.5, 0.6) is 0 Å². The Hall–Kier alpha value is -1.21. The van der Waals surface area contributed by atoms with Crippen molar-refractivity contribution in [1.82, 2.24) is 14.5 Å². The lowest BCUT2D eigenvalue weighted by molar-refractivity contribution is 0.142. The fraction of sp³-hybridized carbons (Fsp3) is 0.286. The van der Waals surface area contributed by atoms with Crippen molar-refractivity contribution in [1.29, 1.82) is 0 Å². The molecule has 0 aliphatic carbocycles. The molecule has 1 unspecified atom stereocenters. The van der Waals surface area contributed by atoms with Gasteiger partial charge in [0.1, 0.15) is 20.6 Å². The summed E-state index contributed by atoms with van der Waals surface area (Å²) in [6.07, 6.45) is -0.381. The third-order valence-corrected chi connectivity index (χ3v) is 9.57. The van der Waals surface area contributed by atoms with Crippen molar-refractivity contribution < 1.29 is 22.7 Å². The first-order valence-electron chi connectivity index (χ1n) is 10.1. The van der Waals surface area contributed by atoms with Crippen molar-refractivity contribution in [2.24, 2.45) is 0 Å². The number of benzene rings is 1. The number of thiophene rings is 1. The van der Waals surface area contributed by atoms with Crippen LogP contribution in [0.3, 0.4) is 0 Å². The molecule has 3 heterocycles. The number of nitrogens with one attached hydrogen (secondary N) is 1. The van der Waals surface area contributed by atoms with Crippen LogP contribution in [0.15, 0.2) is 40.5 Å². The predicted octanol–water partition coefficient (Wildman–Crippen LogP) is 5.89. The Balaban J connectivity index is 1.49. The van der Waals surface area contributed by atoms with Crippen molar-refractivity contribution >= 4 is 73.3 Å². The van der Waals surface area contributed by atoms with Gasteiger partial charge in [-0.25, -0.2) is 12.8 Å². The fourth-order valence-electron chi connectivity index (χ4n) is 3.52. The maximum atomic E-state index is 15.3. The van der Waals surface area contributed by atoms with Crippen LogP contribution in [-0.4, -0.2) is 36.1 Å². The molecule has 3 aromatic rings. The van der Waals surface area contributed by atoms with Gasteiger partial charge in [-0.3, -0.25) is 4.68 Å². The minimum atomic E-state index is -4.07. The zero-order valence-corrected chi connectivity index (χ0v) is 22.4. The average molecular weight is 601 g/mol. The lowest BCUT2D eigenvalue weighted by atomic mass is 10.0. The van der Waals surface area contributed by atoms with Crippen LogP contribution in [0.25, 0.3) is 5.57 Å². The van der Waals surface area contributed by atoms with E-state index in [0.29, 0.717) is 21.3 Å². The molecule has 1 aliphatic rings. The number of hydrogen-bond donors (Lipinski definition) is 2. The summed E-state index contributed by atoms with van der Waals surface area (Å²) in [5.41, 5.74) is 2.31.